The molecule has 84 valence electrons. The lowest BCUT2D eigenvalue weighted by Gasteiger charge is -2.11. The van der Waals surface area contributed by atoms with Crippen molar-refractivity contribution in [2.45, 2.75) is 0 Å². The van der Waals surface area contributed by atoms with E-state index in [4.69, 9.17) is 10.6 Å². The molecular formula is C9H11N5OS. The van der Waals surface area contributed by atoms with E-state index in [1.54, 1.807) is 18.4 Å². The van der Waals surface area contributed by atoms with Gasteiger partial charge in [0.1, 0.15) is 6.33 Å². The van der Waals surface area contributed by atoms with Crippen molar-refractivity contribution in [3.63, 3.8) is 0 Å². The molecule has 0 aliphatic heterocycles. The van der Waals surface area contributed by atoms with Gasteiger partial charge in [-0.15, -0.1) is 0 Å². The molecule has 0 aromatic carbocycles. The first-order valence-electron chi connectivity index (χ1n) is 4.50. The van der Waals surface area contributed by atoms with Crippen LogP contribution in [-0.2, 0) is 0 Å². The van der Waals surface area contributed by atoms with Gasteiger partial charge in [-0.3, -0.25) is 0 Å². The van der Waals surface area contributed by atoms with Crippen LogP contribution in [0, 0.1) is 0 Å². The molecule has 2 aromatic rings. The van der Waals surface area contributed by atoms with Gasteiger partial charge < -0.3 is 15.5 Å². The van der Waals surface area contributed by atoms with Gasteiger partial charge >= 0.3 is 0 Å². The van der Waals surface area contributed by atoms with Crippen LogP contribution in [0.4, 0.5) is 17.3 Å². The largest absolute Gasteiger partial charge is 0.490 e. The third-order valence-corrected chi connectivity index (χ3v) is 2.61. The second kappa shape index (κ2) is 4.77. The van der Waals surface area contributed by atoms with Crippen LogP contribution in [0.25, 0.3) is 0 Å². The minimum atomic E-state index is 0.440. The van der Waals surface area contributed by atoms with Crippen molar-refractivity contribution in [2.75, 3.05) is 17.9 Å². The minimum Gasteiger partial charge on any atom is -0.490 e. The number of anilines is 3. The molecular weight excluding hydrogens is 226 g/mol. The lowest BCUT2D eigenvalue weighted by molar-refractivity contribution is 0.415. The van der Waals surface area contributed by atoms with Gasteiger partial charge in [-0.2, -0.15) is 11.3 Å². The highest BCUT2D eigenvalue weighted by atomic mass is 32.1. The molecule has 0 aliphatic rings. The number of aromatic nitrogens is 2. The molecule has 4 N–H and O–H groups in total. The highest BCUT2D eigenvalue weighted by molar-refractivity contribution is 7.08. The van der Waals surface area contributed by atoms with E-state index in [-0.39, 0.29) is 0 Å². The summed E-state index contributed by atoms with van der Waals surface area (Å²) in [4.78, 5) is 8.04. The number of hydrazine groups is 1. The fraction of sp³-hybridized carbons (Fsp3) is 0.111. The number of nitrogens with zero attached hydrogens (tertiary/aromatic N) is 2. The number of nitrogen functional groups attached to an aromatic ring is 1. The van der Waals surface area contributed by atoms with Crippen LogP contribution in [0.5, 0.6) is 5.75 Å². The monoisotopic (exact) mass is 237 g/mol. The first-order valence-corrected chi connectivity index (χ1v) is 5.44. The maximum absolute atomic E-state index is 5.32. The molecule has 0 spiro atoms. The average molecular weight is 237 g/mol. The van der Waals surface area contributed by atoms with E-state index >= 15 is 0 Å². The molecule has 0 bridgehead atoms. The summed E-state index contributed by atoms with van der Waals surface area (Å²) in [5, 5.41) is 7.06. The number of nitrogens with one attached hydrogen (secondary N) is 2. The standard InChI is InChI=1S/C9H11N5OS/c1-15-7-8(11-5-12-9(7)14-10)13-6-2-3-16-4-6/h2-5H,10H2,1H3,(H2,11,12,13,14). The van der Waals surface area contributed by atoms with Gasteiger partial charge in [0, 0.05) is 5.38 Å². The van der Waals surface area contributed by atoms with Gasteiger partial charge in [0.15, 0.2) is 11.6 Å². The number of hydrogen-bond acceptors (Lipinski definition) is 7. The lowest BCUT2D eigenvalue weighted by Crippen LogP contribution is -2.11. The summed E-state index contributed by atoms with van der Waals surface area (Å²) in [5.41, 5.74) is 3.40. The smallest absolute Gasteiger partial charge is 0.205 e. The molecule has 0 radical (unpaired) electrons. The van der Waals surface area contributed by atoms with Gasteiger partial charge in [0.2, 0.25) is 5.75 Å². The number of nitrogens with two attached hydrogens (primary N) is 1. The first-order chi connectivity index (χ1) is 7.85. The van der Waals surface area contributed by atoms with Crippen LogP contribution in [0.15, 0.2) is 23.2 Å². The van der Waals surface area contributed by atoms with E-state index < -0.39 is 0 Å². The molecule has 2 aromatic heterocycles. The Labute approximate surface area is 96.5 Å². The predicted molar refractivity (Wildman–Crippen MR) is 64.0 cm³/mol. The van der Waals surface area contributed by atoms with Crippen molar-refractivity contribution in [3.8, 4) is 5.75 Å². The molecule has 0 aliphatic carbocycles. The second-order valence-corrected chi connectivity index (χ2v) is 3.67. The first kappa shape index (κ1) is 10.7. The Morgan fingerprint density at radius 2 is 2.19 bits per heavy atom. The van der Waals surface area contributed by atoms with Crippen molar-refractivity contribution in [1.82, 2.24) is 9.97 Å². The van der Waals surface area contributed by atoms with Gasteiger partial charge in [0.25, 0.3) is 0 Å². The summed E-state index contributed by atoms with van der Waals surface area (Å²) in [7, 11) is 1.54. The molecule has 0 atom stereocenters. The van der Waals surface area contributed by atoms with E-state index in [9.17, 15) is 0 Å². The van der Waals surface area contributed by atoms with Crippen LogP contribution in [-0.4, -0.2) is 17.1 Å². The van der Waals surface area contributed by atoms with Crippen molar-refractivity contribution >= 4 is 28.7 Å². The zero-order valence-electron chi connectivity index (χ0n) is 8.60. The van der Waals surface area contributed by atoms with Crippen LogP contribution < -0.4 is 21.3 Å². The fourth-order valence-electron chi connectivity index (χ4n) is 1.23. The van der Waals surface area contributed by atoms with E-state index in [1.807, 2.05) is 16.8 Å². The Kier molecular flexibility index (Phi) is 3.18. The molecule has 2 rings (SSSR count). The van der Waals surface area contributed by atoms with E-state index in [0.717, 1.165) is 5.69 Å². The molecule has 0 amide bonds. The van der Waals surface area contributed by atoms with E-state index in [0.29, 0.717) is 17.4 Å². The Morgan fingerprint density at radius 1 is 1.38 bits per heavy atom. The maximum atomic E-state index is 5.32. The van der Waals surface area contributed by atoms with E-state index in [1.165, 1.54) is 6.33 Å². The molecule has 0 fully saturated rings. The van der Waals surface area contributed by atoms with Crippen LogP contribution in [0.2, 0.25) is 0 Å². The number of ether oxygens (including phenoxy) is 1. The number of methoxy groups -OCH3 is 1. The SMILES string of the molecule is COc1c(NN)ncnc1Nc1ccsc1. The molecule has 2 heterocycles. The molecule has 0 unspecified atom stereocenters. The van der Waals surface area contributed by atoms with E-state index in [2.05, 4.69) is 20.7 Å². The third-order valence-electron chi connectivity index (χ3n) is 1.93. The summed E-state index contributed by atoms with van der Waals surface area (Å²) < 4.78 is 5.19. The van der Waals surface area contributed by atoms with Gasteiger partial charge in [-0.25, -0.2) is 15.8 Å². The normalized spacial score (nSPS) is 9.88. The Bertz CT molecular complexity index is 459. The topological polar surface area (TPSA) is 85.1 Å². The van der Waals surface area contributed by atoms with Crippen molar-refractivity contribution in [1.29, 1.82) is 0 Å². The van der Waals surface area contributed by atoms with Crippen molar-refractivity contribution in [2.24, 2.45) is 5.84 Å². The highest BCUT2D eigenvalue weighted by Crippen LogP contribution is 2.30. The Morgan fingerprint density at radius 3 is 2.81 bits per heavy atom. The number of hydrogen-bond donors (Lipinski definition) is 3. The van der Waals surface area contributed by atoms with Crippen molar-refractivity contribution in [3.05, 3.63) is 23.2 Å². The third kappa shape index (κ3) is 2.05. The van der Waals surface area contributed by atoms with Crippen LogP contribution in [0.1, 0.15) is 0 Å². The Balaban J connectivity index is 2.33. The number of rotatable bonds is 4. The predicted octanol–water partition coefficient (Wildman–Crippen LogP) is 1.58. The second-order valence-electron chi connectivity index (χ2n) is 2.89. The zero-order chi connectivity index (χ0) is 11.4. The van der Waals surface area contributed by atoms with Gasteiger partial charge in [0.05, 0.1) is 12.8 Å². The van der Waals surface area contributed by atoms with Gasteiger partial charge in [-0.05, 0) is 11.4 Å². The average Bonchev–Trinajstić information content (AvgIpc) is 2.81. The fourth-order valence-corrected chi connectivity index (χ4v) is 1.82. The molecule has 0 saturated carbocycles. The molecule has 7 heteroatoms. The zero-order valence-corrected chi connectivity index (χ0v) is 9.41. The molecule has 16 heavy (non-hydrogen) atoms. The summed E-state index contributed by atoms with van der Waals surface area (Å²) in [6, 6.07) is 1.95. The highest BCUT2D eigenvalue weighted by Gasteiger charge is 2.11. The summed E-state index contributed by atoms with van der Waals surface area (Å²) in [6.45, 7) is 0. The molecule has 6 nitrogen and oxygen atoms in total. The number of thiophene rings is 1. The molecule has 0 saturated heterocycles. The Hall–Kier alpha value is -1.86. The summed E-state index contributed by atoms with van der Waals surface area (Å²) >= 11 is 1.60. The van der Waals surface area contributed by atoms with Gasteiger partial charge in [-0.1, -0.05) is 0 Å². The minimum absolute atomic E-state index is 0.440. The summed E-state index contributed by atoms with van der Waals surface area (Å²) in [6.07, 6.45) is 1.41. The van der Waals surface area contributed by atoms with Crippen LogP contribution >= 0.6 is 11.3 Å². The summed E-state index contributed by atoms with van der Waals surface area (Å²) in [5.74, 6) is 6.82. The maximum Gasteiger partial charge on any atom is 0.205 e. The van der Waals surface area contributed by atoms with Crippen LogP contribution in [0.3, 0.4) is 0 Å². The quantitative estimate of drug-likeness (QED) is 0.553. The van der Waals surface area contributed by atoms with Crippen molar-refractivity contribution < 1.29 is 4.74 Å². The lowest BCUT2D eigenvalue weighted by atomic mass is 10.4.